The van der Waals surface area contributed by atoms with Crippen LogP contribution in [0.15, 0.2) is 12.2 Å². The number of phosphoric acid groups is 1. The van der Waals surface area contributed by atoms with Crippen LogP contribution in [0.3, 0.4) is 0 Å². The smallest absolute Gasteiger partial charge is 0.388 e. The van der Waals surface area contributed by atoms with E-state index in [0.29, 0.717) is 6.42 Å². The lowest BCUT2D eigenvalue weighted by Crippen LogP contribution is -2.25. The Balaban J connectivity index is 3.37. The molecule has 0 amide bonds. The van der Waals surface area contributed by atoms with E-state index in [9.17, 15) is 14.8 Å². The quantitative estimate of drug-likeness (QED) is 0.0878. The van der Waals surface area contributed by atoms with Crippen molar-refractivity contribution < 1.29 is 33.8 Å². The summed E-state index contributed by atoms with van der Waals surface area (Å²) in [6.07, 6.45) is 18.7. The first-order valence-corrected chi connectivity index (χ1v) is 12.7. The number of ether oxygens (including phenoxy) is 1. The van der Waals surface area contributed by atoms with Crippen molar-refractivity contribution in [2.45, 2.75) is 109 Å². The number of aliphatic hydroxyl groups excluding tert-OH is 2. The molecule has 1 unspecified atom stereocenters. The molecule has 0 aliphatic rings. The molecule has 0 aromatic rings. The Morgan fingerprint density at radius 2 is 1.31 bits per heavy atom. The van der Waals surface area contributed by atoms with Crippen LogP contribution in [-0.2, 0) is 13.8 Å². The minimum Gasteiger partial charge on any atom is -0.388 e. The molecular formula is C21H43O7P. The fraction of sp³-hybridized carbons (Fsp3) is 0.905. The lowest BCUT2D eigenvalue weighted by atomic mass is 10.1. The summed E-state index contributed by atoms with van der Waals surface area (Å²) in [4.78, 5) is 17.1. The predicted molar refractivity (Wildman–Crippen MR) is 115 cm³/mol. The highest BCUT2D eigenvalue weighted by Crippen LogP contribution is 2.35. The van der Waals surface area contributed by atoms with Gasteiger partial charge in [-0.1, -0.05) is 70.4 Å². The number of rotatable bonds is 21. The topological polar surface area (TPSA) is 116 Å². The average molecular weight is 439 g/mol. The Morgan fingerprint density at radius 3 is 1.86 bits per heavy atom. The molecule has 4 N–H and O–H groups in total. The molecule has 0 bridgehead atoms. The van der Waals surface area contributed by atoms with Gasteiger partial charge in [-0.2, -0.15) is 0 Å². The lowest BCUT2D eigenvalue weighted by Gasteiger charge is -2.15. The Hall–Kier alpha value is -0.270. The molecule has 0 saturated carbocycles. The summed E-state index contributed by atoms with van der Waals surface area (Å²) in [5.74, 6) is 0. The van der Waals surface area contributed by atoms with Crippen LogP contribution in [0.5, 0.6) is 0 Å². The average Bonchev–Trinajstić information content (AvgIpc) is 2.67. The van der Waals surface area contributed by atoms with Gasteiger partial charge >= 0.3 is 7.82 Å². The Morgan fingerprint density at radius 1 is 0.793 bits per heavy atom. The maximum absolute atomic E-state index is 10.5. The molecule has 2 atom stereocenters. The van der Waals surface area contributed by atoms with Gasteiger partial charge in [-0.3, -0.25) is 4.52 Å². The fourth-order valence-electron chi connectivity index (χ4n) is 2.93. The molecule has 0 spiro atoms. The van der Waals surface area contributed by atoms with E-state index in [1.807, 2.05) is 0 Å². The second kappa shape index (κ2) is 19.7. The zero-order valence-corrected chi connectivity index (χ0v) is 19.0. The van der Waals surface area contributed by atoms with Crippen molar-refractivity contribution in [2.75, 3.05) is 13.2 Å². The minimum absolute atomic E-state index is 0.230. The van der Waals surface area contributed by atoms with Crippen molar-refractivity contribution in [1.82, 2.24) is 0 Å². The Labute approximate surface area is 176 Å². The Bertz CT molecular complexity index is 425. The van der Waals surface area contributed by atoms with Gasteiger partial charge in [0.25, 0.3) is 0 Å². The van der Waals surface area contributed by atoms with Gasteiger partial charge in [0.05, 0.1) is 13.2 Å². The highest BCUT2D eigenvalue weighted by atomic mass is 31.2. The third-order valence-corrected chi connectivity index (χ3v) is 5.11. The summed E-state index contributed by atoms with van der Waals surface area (Å²) in [6.45, 7) is 1.48. The van der Waals surface area contributed by atoms with Crippen LogP contribution in [0.2, 0.25) is 0 Å². The van der Waals surface area contributed by atoms with E-state index in [2.05, 4.69) is 23.6 Å². The van der Waals surface area contributed by atoms with Gasteiger partial charge in [-0.15, -0.1) is 0 Å². The van der Waals surface area contributed by atoms with Crippen molar-refractivity contribution in [3.05, 3.63) is 12.2 Å². The third-order valence-electron chi connectivity index (χ3n) is 4.63. The van der Waals surface area contributed by atoms with Crippen LogP contribution in [0, 0.1) is 0 Å². The van der Waals surface area contributed by atoms with E-state index in [0.717, 1.165) is 25.7 Å². The van der Waals surface area contributed by atoms with Gasteiger partial charge < -0.3 is 24.7 Å². The summed E-state index contributed by atoms with van der Waals surface area (Å²) in [6, 6.07) is 0. The van der Waals surface area contributed by atoms with Crippen LogP contribution in [-0.4, -0.2) is 45.6 Å². The number of unbranched alkanes of at least 4 members (excludes halogenated alkanes) is 11. The molecule has 29 heavy (non-hydrogen) atoms. The van der Waals surface area contributed by atoms with Crippen molar-refractivity contribution >= 4 is 7.82 Å². The second-order valence-corrected chi connectivity index (χ2v) is 8.84. The molecule has 8 heteroatoms. The summed E-state index contributed by atoms with van der Waals surface area (Å²) < 4.78 is 19.7. The van der Waals surface area contributed by atoms with Gasteiger partial charge in [0, 0.05) is 0 Å². The van der Waals surface area contributed by atoms with Crippen LogP contribution in [0.1, 0.15) is 96.8 Å². The third kappa shape index (κ3) is 23.9. The SMILES string of the molecule is CCCCCCCC/C=C\CCCCCCC[C@@H](O)OCC(O)COP(=O)(O)O. The highest BCUT2D eigenvalue weighted by Gasteiger charge is 2.17. The van der Waals surface area contributed by atoms with Gasteiger partial charge in [-0.25, -0.2) is 4.57 Å². The standard InChI is InChI=1S/C21H43O7P/c1-2-3-4-5-6-7-8-9-10-11-12-13-14-15-16-17-21(23)27-18-20(22)19-28-29(24,25)26/h9-10,20-23H,2-8,11-19H2,1H3,(H2,24,25,26)/b10-9-/t20?,21-/m0/s1. The molecule has 0 aliphatic heterocycles. The van der Waals surface area contributed by atoms with Crippen LogP contribution < -0.4 is 0 Å². The number of aliphatic hydroxyl groups is 2. The van der Waals surface area contributed by atoms with Gasteiger partial charge in [0.15, 0.2) is 6.29 Å². The van der Waals surface area contributed by atoms with Crippen molar-refractivity contribution in [3.63, 3.8) is 0 Å². The van der Waals surface area contributed by atoms with Gasteiger partial charge in [0.2, 0.25) is 0 Å². The van der Waals surface area contributed by atoms with E-state index < -0.39 is 26.8 Å². The van der Waals surface area contributed by atoms with Crippen LogP contribution in [0.25, 0.3) is 0 Å². The van der Waals surface area contributed by atoms with Crippen molar-refractivity contribution in [1.29, 1.82) is 0 Å². The van der Waals surface area contributed by atoms with Crippen molar-refractivity contribution in [3.8, 4) is 0 Å². The van der Waals surface area contributed by atoms with E-state index in [1.54, 1.807) is 0 Å². The number of hydrogen-bond acceptors (Lipinski definition) is 5. The predicted octanol–water partition coefficient (Wildman–Crippen LogP) is 4.83. The fourth-order valence-corrected chi connectivity index (χ4v) is 3.29. The molecule has 0 aliphatic carbocycles. The highest BCUT2D eigenvalue weighted by molar-refractivity contribution is 7.46. The maximum atomic E-state index is 10.5. The number of allylic oxidation sites excluding steroid dienone is 2. The molecule has 174 valence electrons. The Kier molecular flexibility index (Phi) is 19.5. The lowest BCUT2D eigenvalue weighted by molar-refractivity contribution is -0.129. The molecule has 7 nitrogen and oxygen atoms in total. The van der Waals surface area contributed by atoms with E-state index in [4.69, 9.17) is 14.5 Å². The summed E-state index contributed by atoms with van der Waals surface area (Å²) >= 11 is 0. The molecule has 0 fully saturated rings. The normalized spacial score (nSPS) is 14.5. The molecule has 0 radical (unpaired) electrons. The summed E-state index contributed by atoms with van der Waals surface area (Å²) in [5, 5.41) is 19.1. The van der Waals surface area contributed by atoms with Crippen LogP contribution in [0.4, 0.5) is 0 Å². The van der Waals surface area contributed by atoms with Crippen molar-refractivity contribution in [2.24, 2.45) is 0 Å². The summed E-state index contributed by atoms with van der Waals surface area (Å²) in [5.41, 5.74) is 0. The molecule has 0 heterocycles. The van der Waals surface area contributed by atoms with E-state index in [1.165, 1.54) is 57.8 Å². The van der Waals surface area contributed by atoms with Gasteiger partial charge in [-0.05, 0) is 38.5 Å². The molecule has 0 aromatic carbocycles. The zero-order chi connectivity index (χ0) is 21.8. The summed E-state index contributed by atoms with van der Waals surface area (Å²) in [7, 11) is -4.60. The number of phosphoric ester groups is 1. The first kappa shape index (κ1) is 28.7. The monoisotopic (exact) mass is 438 g/mol. The molecule has 0 aromatic heterocycles. The maximum Gasteiger partial charge on any atom is 0.469 e. The molecule has 0 saturated heterocycles. The van der Waals surface area contributed by atoms with Gasteiger partial charge in [0.1, 0.15) is 6.10 Å². The zero-order valence-electron chi connectivity index (χ0n) is 18.1. The first-order chi connectivity index (χ1) is 13.8. The first-order valence-electron chi connectivity index (χ1n) is 11.2. The van der Waals surface area contributed by atoms with E-state index in [-0.39, 0.29) is 6.61 Å². The second-order valence-electron chi connectivity index (χ2n) is 7.60. The largest absolute Gasteiger partial charge is 0.469 e. The minimum atomic E-state index is -4.60. The van der Waals surface area contributed by atoms with Crippen LogP contribution >= 0.6 is 7.82 Å². The molecule has 0 rings (SSSR count). The number of hydrogen-bond donors (Lipinski definition) is 4. The van der Waals surface area contributed by atoms with E-state index >= 15 is 0 Å². The molecular weight excluding hydrogens is 395 g/mol.